The number of benzene rings is 2. The fraction of sp³-hybridized carbons (Fsp3) is 0.150. The zero-order valence-electron chi connectivity index (χ0n) is 14.3. The van der Waals surface area contributed by atoms with Gasteiger partial charge in [-0.3, -0.25) is 4.79 Å². The second-order valence-electron chi connectivity index (χ2n) is 5.69. The molecular formula is C20H19N3O3. The highest BCUT2D eigenvalue weighted by Gasteiger charge is 2.24. The average molecular weight is 349 g/mol. The van der Waals surface area contributed by atoms with E-state index in [0.717, 1.165) is 11.4 Å². The molecule has 3 aromatic rings. The molecule has 6 nitrogen and oxygen atoms in total. The van der Waals surface area contributed by atoms with Crippen molar-refractivity contribution in [3.05, 3.63) is 84.2 Å². The quantitative estimate of drug-likeness (QED) is 0.694. The SMILES string of the molecule is COC(=O)[C@H](Cc1ccnn1-c1ccccc1)NC(=O)c1ccccc1. The molecule has 0 saturated heterocycles. The summed E-state index contributed by atoms with van der Waals surface area (Å²) in [5, 5.41) is 7.06. The lowest BCUT2D eigenvalue weighted by Crippen LogP contribution is -2.43. The molecule has 0 aliphatic carbocycles. The molecule has 0 spiro atoms. The number of carbonyl (C=O) groups excluding carboxylic acids is 2. The van der Waals surface area contributed by atoms with E-state index in [-0.39, 0.29) is 12.3 Å². The van der Waals surface area contributed by atoms with Gasteiger partial charge in [0.15, 0.2) is 0 Å². The second kappa shape index (κ2) is 8.11. The summed E-state index contributed by atoms with van der Waals surface area (Å²) in [4.78, 5) is 24.6. The topological polar surface area (TPSA) is 73.2 Å². The van der Waals surface area contributed by atoms with Crippen molar-refractivity contribution in [1.29, 1.82) is 0 Å². The van der Waals surface area contributed by atoms with Crippen LogP contribution in [0.15, 0.2) is 72.9 Å². The van der Waals surface area contributed by atoms with Crippen molar-refractivity contribution in [3.8, 4) is 5.69 Å². The van der Waals surface area contributed by atoms with Gasteiger partial charge >= 0.3 is 5.97 Å². The number of rotatable bonds is 6. The number of hydrogen-bond acceptors (Lipinski definition) is 4. The number of nitrogens with one attached hydrogen (secondary N) is 1. The number of amides is 1. The number of para-hydroxylation sites is 1. The molecule has 2 aromatic carbocycles. The molecule has 0 fully saturated rings. The van der Waals surface area contributed by atoms with Gasteiger partial charge in [-0.15, -0.1) is 0 Å². The first-order valence-electron chi connectivity index (χ1n) is 8.21. The largest absolute Gasteiger partial charge is 0.467 e. The summed E-state index contributed by atoms with van der Waals surface area (Å²) < 4.78 is 6.60. The number of hydrogen-bond donors (Lipinski definition) is 1. The van der Waals surface area contributed by atoms with Gasteiger partial charge in [0.2, 0.25) is 0 Å². The maximum absolute atomic E-state index is 12.4. The Balaban J connectivity index is 1.81. The predicted molar refractivity (Wildman–Crippen MR) is 97.0 cm³/mol. The summed E-state index contributed by atoms with van der Waals surface area (Å²) in [6.45, 7) is 0. The minimum atomic E-state index is -0.813. The van der Waals surface area contributed by atoms with Crippen LogP contribution in [-0.2, 0) is 16.0 Å². The monoisotopic (exact) mass is 349 g/mol. The van der Waals surface area contributed by atoms with Crippen LogP contribution in [0.2, 0.25) is 0 Å². The van der Waals surface area contributed by atoms with Crippen LogP contribution in [0, 0.1) is 0 Å². The zero-order chi connectivity index (χ0) is 18.4. The van der Waals surface area contributed by atoms with Crippen LogP contribution in [0.25, 0.3) is 5.69 Å². The van der Waals surface area contributed by atoms with Crippen molar-refractivity contribution < 1.29 is 14.3 Å². The Kier molecular flexibility index (Phi) is 5.43. The van der Waals surface area contributed by atoms with Gasteiger partial charge in [-0.25, -0.2) is 9.48 Å². The highest BCUT2D eigenvalue weighted by atomic mass is 16.5. The third-order valence-electron chi connectivity index (χ3n) is 3.96. The van der Waals surface area contributed by atoms with Crippen molar-refractivity contribution in [3.63, 3.8) is 0 Å². The van der Waals surface area contributed by atoms with E-state index in [0.29, 0.717) is 5.56 Å². The van der Waals surface area contributed by atoms with E-state index in [2.05, 4.69) is 10.4 Å². The summed E-state index contributed by atoms with van der Waals surface area (Å²) in [5.74, 6) is -0.832. The highest BCUT2D eigenvalue weighted by molar-refractivity contribution is 5.96. The van der Waals surface area contributed by atoms with E-state index < -0.39 is 12.0 Å². The van der Waals surface area contributed by atoms with Gasteiger partial charge < -0.3 is 10.1 Å². The van der Waals surface area contributed by atoms with Gasteiger partial charge in [0, 0.05) is 23.9 Å². The van der Waals surface area contributed by atoms with E-state index in [1.807, 2.05) is 42.5 Å². The van der Waals surface area contributed by atoms with Gasteiger partial charge in [-0.2, -0.15) is 5.10 Å². The third kappa shape index (κ3) is 3.97. The molecule has 1 heterocycles. The van der Waals surface area contributed by atoms with Gasteiger partial charge in [0.05, 0.1) is 12.8 Å². The van der Waals surface area contributed by atoms with E-state index in [9.17, 15) is 9.59 Å². The molecular weight excluding hydrogens is 330 g/mol. The van der Waals surface area contributed by atoms with Gasteiger partial charge in [0.25, 0.3) is 5.91 Å². The first-order valence-corrected chi connectivity index (χ1v) is 8.21. The zero-order valence-corrected chi connectivity index (χ0v) is 14.3. The molecule has 1 amide bonds. The Morgan fingerprint density at radius 2 is 1.69 bits per heavy atom. The van der Waals surface area contributed by atoms with E-state index >= 15 is 0 Å². The van der Waals surface area contributed by atoms with Crippen molar-refractivity contribution in [2.75, 3.05) is 7.11 Å². The van der Waals surface area contributed by atoms with Crippen LogP contribution in [-0.4, -0.2) is 34.8 Å². The smallest absolute Gasteiger partial charge is 0.328 e. The molecule has 0 radical (unpaired) electrons. The highest BCUT2D eigenvalue weighted by Crippen LogP contribution is 2.13. The fourth-order valence-electron chi connectivity index (χ4n) is 2.66. The third-order valence-corrected chi connectivity index (χ3v) is 3.96. The van der Waals surface area contributed by atoms with Crippen LogP contribution in [0.5, 0.6) is 0 Å². The number of esters is 1. The maximum Gasteiger partial charge on any atom is 0.328 e. The van der Waals surface area contributed by atoms with Crippen LogP contribution >= 0.6 is 0 Å². The minimum Gasteiger partial charge on any atom is -0.467 e. The summed E-state index contributed by atoms with van der Waals surface area (Å²) in [6.07, 6.45) is 1.93. The lowest BCUT2D eigenvalue weighted by atomic mass is 10.1. The molecule has 132 valence electrons. The Bertz CT molecular complexity index is 876. The number of methoxy groups -OCH3 is 1. The van der Waals surface area contributed by atoms with Crippen molar-refractivity contribution in [1.82, 2.24) is 15.1 Å². The van der Waals surface area contributed by atoms with Crippen LogP contribution < -0.4 is 5.32 Å². The normalized spacial score (nSPS) is 11.6. The molecule has 0 unspecified atom stereocenters. The van der Waals surface area contributed by atoms with Gasteiger partial charge in [-0.05, 0) is 30.3 Å². The first kappa shape index (κ1) is 17.4. The van der Waals surface area contributed by atoms with Crippen molar-refractivity contribution in [2.45, 2.75) is 12.5 Å². The molecule has 26 heavy (non-hydrogen) atoms. The Morgan fingerprint density at radius 3 is 2.35 bits per heavy atom. The Hall–Kier alpha value is -3.41. The molecule has 3 rings (SSSR count). The van der Waals surface area contributed by atoms with E-state index in [1.54, 1.807) is 35.1 Å². The maximum atomic E-state index is 12.4. The molecule has 1 N–H and O–H groups in total. The molecule has 0 aliphatic rings. The minimum absolute atomic E-state index is 0.264. The number of carbonyl (C=O) groups is 2. The van der Waals surface area contributed by atoms with Crippen LogP contribution in [0.3, 0.4) is 0 Å². The van der Waals surface area contributed by atoms with E-state index in [4.69, 9.17) is 4.74 Å². The molecule has 1 aromatic heterocycles. The number of nitrogens with zero attached hydrogens (tertiary/aromatic N) is 2. The van der Waals surface area contributed by atoms with Crippen LogP contribution in [0.4, 0.5) is 0 Å². The number of aromatic nitrogens is 2. The summed E-state index contributed by atoms with van der Waals surface area (Å²) >= 11 is 0. The second-order valence-corrected chi connectivity index (χ2v) is 5.69. The molecule has 0 bridgehead atoms. The van der Waals surface area contributed by atoms with E-state index in [1.165, 1.54) is 7.11 Å². The van der Waals surface area contributed by atoms with Gasteiger partial charge in [0.1, 0.15) is 6.04 Å². The fourth-order valence-corrected chi connectivity index (χ4v) is 2.66. The number of ether oxygens (including phenoxy) is 1. The molecule has 0 saturated carbocycles. The Morgan fingerprint density at radius 1 is 1.04 bits per heavy atom. The lowest BCUT2D eigenvalue weighted by Gasteiger charge is -2.17. The summed E-state index contributed by atoms with van der Waals surface area (Å²) in [5.41, 5.74) is 2.16. The van der Waals surface area contributed by atoms with Gasteiger partial charge in [-0.1, -0.05) is 36.4 Å². The Labute approximate surface area is 151 Å². The van der Waals surface area contributed by atoms with Crippen LogP contribution in [0.1, 0.15) is 16.1 Å². The molecule has 1 atom stereocenters. The average Bonchev–Trinajstić information content (AvgIpc) is 3.16. The lowest BCUT2D eigenvalue weighted by molar-refractivity contribution is -0.142. The standard InChI is InChI=1S/C20H19N3O3/c1-26-20(25)18(22-19(24)15-8-4-2-5-9-15)14-17-12-13-21-23(17)16-10-6-3-7-11-16/h2-13,18H,14H2,1H3,(H,22,24)/t18-/m0/s1. The predicted octanol–water partition coefficient (Wildman–Crippen LogP) is 2.39. The molecule has 6 heteroatoms. The molecule has 0 aliphatic heterocycles. The first-order chi connectivity index (χ1) is 12.7. The summed E-state index contributed by atoms with van der Waals surface area (Å²) in [6, 6.07) is 19.3. The summed E-state index contributed by atoms with van der Waals surface area (Å²) in [7, 11) is 1.30. The van der Waals surface area contributed by atoms with Crippen molar-refractivity contribution >= 4 is 11.9 Å². The van der Waals surface area contributed by atoms with Crippen molar-refractivity contribution in [2.24, 2.45) is 0 Å².